The highest BCUT2D eigenvalue weighted by atomic mass is 15.0. The Morgan fingerprint density at radius 3 is 2.37 bits per heavy atom. The van der Waals surface area contributed by atoms with Gasteiger partial charge in [-0.25, -0.2) is 9.97 Å². The summed E-state index contributed by atoms with van der Waals surface area (Å²) in [5.74, 6) is 0. The van der Waals surface area contributed by atoms with E-state index < -0.39 is 0 Å². The summed E-state index contributed by atoms with van der Waals surface area (Å²) < 4.78 is 2.16. The molecule has 0 aliphatic rings. The Labute approximate surface area is 173 Å². The third-order valence-corrected chi connectivity index (χ3v) is 5.54. The van der Waals surface area contributed by atoms with Gasteiger partial charge in [0, 0.05) is 22.7 Å². The van der Waals surface area contributed by atoms with Gasteiger partial charge in [0.2, 0.25) is 0 Å². The van der Waals surface area contributed by atoms with Crippen LogP contribution in [0.1, 0.15) is 0 Å². The van der Waals surface area contributed by atoms with Gasteiger partial charge in [0.05, 0.1) is 28.1 Å². The zero-order valence-electron chi connectivity index (χ0n) is 16.2. The Kier molecular flexibility index (Phi) is 3.59. The molecule has 6 aromatic rings. The normalized spacial score (nSPS) is 11.5. The van der Waals surface area contributed by atoms with Crippen LogP contribution >= 0.6 is 0 Å². The lowest BCUT2D eigenvalue weighted by molar-refractivity contribution is 1.25. The van der Waals surface area contributed by atoms with Crippen molar-refractivity contribution in [3.8, 4) is 22.5 Å². The molecular weight excluding hydrogens is 368 g/mol. The van der Waals surface area contributed by atoms with E-state index in [2.05, 4.69) is 59.1 Å². The van der Waals surface area contributed by atoms with Crippen molar-refractivity contribution < 1.29 is 0 Å². The van der Waals surface area contributed by atoms with E-state index in [1.54, 1.807) is 0 Å². The van der Waals surface area contributed by atoms with Crippen molar-refractivity contribution in [2.45, 2.75) is 0 Å². The summed E-state index contributed by atoms with van der Waals surface area (Å²) >= 11 is 0. The number of nitrogens with zero attached hydrogens (tertiary/aromatic N) is 3. The van der Waals surface area contributed by atoms with Crippen molar-refractivity contribution in [3.05, 3.63) is 97.2 Å². The van der Waals surface area contributed by atoms with Gasteiger partial charge in [-0.1, -0.05) is 66.7 Å². The molecule has 4 heteroatoms. The largest absolute Gasteiger partial charge is 0.397 e. The number of fused-ring (bicyclic) bond motifs is 4. The van der Waals surface area contributed by atoms with Crippen LogP contribution in [0.5, 0.6) is 0 Å². The van der Waals surface area contributed by atoms with Crippen molar-refractivity contribution >= 4 is 33.1 Å². The van der Waals surface area contributed by atoms with Crippen molar-refractivity contribution in [3.63, 3.8) is 0 Å². The standard InChI is InChI=1S/C26H18N4/c27-21-11-6-10-18-13-14-22(28-25(18)21)20-15-19-9-4-5-12-24(19)30-16-23(29-26(20)30)17-7-2-1-3-8-17/h1-16H,27H2. The highest BCUT2D eigenvalue weighted by Crippen LogP contribution is 2.32. The van der Waals surface area contributed by atoms with Gasteiger partial charge in [-0.3, -0.25) is 4.40 Å². The minimum atomic E-state index is 0.680. The lowest BCUT2D eigenvalue weighted by Gasteiger charge is -2.09. The summed E-state index contributed by atoms with van der Waals surface area (Å²) in [6.45, 7) is 0. The van der Waals surface area contributed by atoms with Gasteiger partial charge in [0.25, 0.3) is 0 Å². The molecule has 0 spiro atoms. The first-order valence-electron chi connectivity index (χ1n) is 9.90. The minimum Gasteiger partial charge on any atom is -0.397 e. The minimum absolute atomic E-state index is 0.680. The van der Waals surface area contributed by atoms with Crippen molar-refractivity contribution in [2.75, 3.05) is 5.73 Å². The van der Waals surface area contributed by atoms with Crippen LogP contribution in [-0.2, 0) is 0 Å². The summed E-state index contributed by atoms with van der Waals surface area (Å²) in [5, 5.41) is 2.17. The lowest BCUT2D eigenvalue weighted by Crippen LogP contribution is -1.95. The van der Waals surface area contributed by atoms with E-state index in [1.165, 1.54) is 0 Å². The zero-order chi connectivity index (χ0) is 20.1. The zero-order valence-corrected chi connectivity index (χ0v) is 16.2. The average molecular weight is 386 g/mol. The first-order chi connectivity index (χ1) is 14.8. The van der Waals surface area contributed by atoms with Gasteiger partial charge in [0.15, 0.2) is 0 Å². The second kappa shape index (κ2) is 6.42. The highest BCUT2D eigenvalue weighted by Gasteiger charge is 2.14. The van der Waals surface area contributed by atoms with Crippen LogP contribution in [0.2, 0.25) is 0 Å². The van der Waals surface area contributed by atoms with E-state index in [0.29, 0.717) is 5.69 Å². The predicted octanol–water partition coefficient (Wildman–Crippen LogP) is 5.95. The van der Waals surface area contributed by atoms with E-state index in [9.17, 15) is 0 Å². The molecule has 6 rings (SSSR count). The number of hydrogen-bond acceptors (Lipinski definition) is 3. The third kappa shape index (κ3) is 2.54. The van der Waals surface area contributed by atoms with Crippen LogP contribution in [0.3, 0.4) is 0 Å². The quantitative estimate of drug-likeness (QED) is 0.374. The average Bonchev–Trinajstić information content (AvgIpc) is 3.25. The van der Waals surface area contributed by atoms with Gasteiger partial charge < -0.3 is 5.73 Å². The second-order valence-corrected chi connectivity index (χ2v) is 7.42. The Balaban J connectivity index is 1.68. The van der Waals surface area contributed by atoms with Crippen LogP contribution in [0.4, 0.5) is 5.69 Å². The number of benzene rings is 3. The van der Waals surface area contributed by atoms with Crippen LogP contribution < -0.4 is 5.73 Å². The summed E-state index contributed by atoms with van der Waals surface area (Å²) in [7, 11) is 0. The van der Waals surface area contributed by atoms with Gasteiger partial charge in [-0.05, 0) is 29.7 Å². The molecule has 0 bridgehead atoms. The molecule has 0 unspecified atom stereocenters. The van der Waals surface area contributed by atoms with Crippen LogP contribution in [0.25, 0.3) is 50.0 Å². The Bertz CT molecular complexity index is 1550. The molecule has 0 radical (unpaired) electrons. The first-order valence-corrected chi connectivity index (χ1v) is 9.90. The fraction of sp³-hybridized carbons (Fsp3) is 0. The second-order valence-electron chi connectivity index (χ2n) is 7.42. The van der Waals surface area contributed by atoms with E-state index in [-0.39, 0.29) is 0 Å². The van der Waals surface area contributed by atoms with Crippen molar-refractivity contribution in [1.82, 2.24) is 14.4 Å². The number of rotatable bonds is 2. The molecule has 3 aromatic heterocycles. The topological polar surface area (TPSA) is 56.2 Å². The van der Waals surface area contributed by atoms with Gasteiger partial charge >= 0.3 is 0 Å². The summed E-state index contributed by atoms with van der Waals surface area (Å²) in [4.78, 5) is 9.91. The van der Waals surface area contributed by atoms with E-state index >= 15 is 0 Å². The van der Waals surface area contributed by atoms with Crippen molar-refractivity contribution in [2.24, 2.45) is 0 Å². The number of anilines is 1. The summed E-state index contributed by atoms with van der Waals surface area (Å²) in [6.07, 6.45) is 2.10. The Morgan fingerprint density at radius 1 is 0.667 bits per heavy atom. The maximum atomic E-state index is 6.20. The van der Waals surface area contributed by atoms with E-state index in [4.69, 9.17) is 15.7 Å². The van der Waals surface area contributed by atoms with Gasteiger partial charge in [-0.15, -0.1) is 0 Å². The number of nitrogen functional groups attached to an aromatic ring is 1. The molecule has 3 aromatic carbocycles. The molecule has 4 nitrogen and oxygen atoms in total. The maximum Gasteiger partial charge on any atom is 0.147 e. The number of nitrogens with two attached hydrogens (primary N) is 1. The Morgan fingerprint density at radius 2 is 1.47 bits per heavy atom. The van der Waals surface area contributed by atoms with Crippen LogP contribution in [-0.4, -0.2) is 14.4 Å². The van der Waals surface area contributed by atoms with E-state index in [1.807, 2.05) is 42.5 Å². The molecule has 30 heavy (non-hydrogen) atoms. The molecule has 0 saturated carbocycles. The van der Waals surface area contributed by atoms with Gasteiger partial charge in [-0.2, -0.15) is 0 Å². The van der Waals surface area contributed by atoms with Crippen LogP contribution in [0, 0.1) is 0 Å². The molecule has 0 aliphatic carbocycles. The number of hydrogen-bond donors (Lipinski definition) is 1. The van der Waals surface area contributed by atoms with E-state index in [0.717, 1.165) is 50.0 Å². The third-order valence-electron chi connectivity index (χ3n) is 5.54. The number of aromatic nitrogens is 3. The fourth-order valence-corrected chi connectivity index (χ4v) is 4.06. The summed E-state index contributed by atoms with van der Waals surface area (Å²) in [6, 6.07) is 30.7. The molecule has 0 atom stereocenters. The number of imidazole rings is 1. The molecular formula is C26H18N4. The molecule has 0 fully saturated rings. The maximum absolute atomic E-state index is 6.20. The molecule has 0 saturated heterocycles. The van der Waals surface area contributed by atoms with Gasteiger partial charge in [0.1, 0.15) is 5.65 Å². The fourth-order valence-electron chi connectivity index (χ4n) is 4.06. The highest BCUT2D eigenvalue weighted by molar-refractivity contribution is 5.95. The monoisotopic (exact) mass is 386 g/mol. The van der Waals surface area contributed by atoms with Crippen molar-refractivity contribution in [1.29, 1.82) is 0 Å². The lowest BCUT2D eigenvalue weighted by atomic mass is 10.1. The van der Waals surface area contributed by atoms with Crippen LogP contribution in [0.15, 0.2) is 97.2 Å². The molecule has 2 N–H and O–H groups in total. The first kappa shape index (κ1) is 16.7. The number of para-hydroxylation sites is 2. The smallest absolute Gasteiger partial charge is 0.147 e. The molecule has 142 valence electrons. The Hall–Kier alpha value is -4.18. The molecule has 3 heterocycles. The predicted molar refractivity (Wildman–Crippen MR) is 123 cm³/mol. The molecule has 0 amide bonds. The number of pyridine rings is 2. The summed E-state index contributed by atoms with van der Waals surface area (Å²) in [5.41, 5.74) is 13.6. The molecule has 0 aliphatic heterocycles. The SMILES string of the molecule is Nc1cccc2ccc(-c3cc4ccccc4n4cc(-c5ccccc5)nc34)nc12.